The Hall–Kier alpha value is -3.10. The first-order valence-corrected chi connectivity index (χ1v) is 13.9. The summed E-state index contributed by atoms with van der Waals surface area (Å²) in [6.45, 7) is 5.84. The van der Waals surface area contributed by atoms with Gasteiger partial charge in [-0.25, -0.2) is 22.0 Å². The van der Waals surface area contributed by atoms with E-state index in [9.17, 15) is 26.8 Å². The van der Waals surface area contributed by atoms with Crippen LogP contribution in [0.15, 0.2) is 24.4 Å². The van der Waals surface area contributed by atoms with Crippen molar-refractivity contribution in [2.24, 2.45) is 5.73 Å². The van der Waals surface area contributed by atoms with Gasteiger partial charge in [0.15, 0.2) is 0 Å². The number of hydrogen-bond donors (Lipinski definition) is 2. The number of halogens is 2. The maximum atomic E-state index is 15.0. The van der Waals surface area contributed by atoms with Gasteiger partial charge >= 0.3 is 6.09 Å². The Kier molecular flexibility index (Phi) is 7.51. The molecule has 1 aromatic heterocycles. The number of rotatable bonds is 6. The molecule has 38 heavy (non-hydrogen) atoms. The van der Waals surface area contributed by atoms with Gasteiger partial charge in [-0.2, -0.15) is 9.19 Å². The van der Waals surface area contributed by atoms with Gasteiger partial charge in [0.25, 0.3) is 10.0 Å². The highest BCUT2D eigenvalue weighted by Gasteiger charge is 2.43. The molecule has 0 aliphatic carbocycles. The van der Waals surface area contributed by atoms with E-state index in [-0.39, 0.29) is 24.7 Å². The van der Waals surface area contributed by atoms with Crippen LogP contribution in [0.2, 0.25) is 0 Å². The zero-order valence-electron chi connectivity index (χ0n) is 21.6. The predicted molar refractivity (Wildman–Crippen MR) is 133 cm³/mol. The number of nitrogens with two attached hydrogens (primary N) is 1. The molecule has 1 fully saturated rings. The third-order valence-electron chi connectivity index (χ3n) is 6.52. The number of likely N-dealkylation sites (tertiary alicyclic amines) is 1. The molecule has 3 N–H and O–H groups in total. The number of carbonyl (C=O) groups is 2. The molecule has 3 heterocycles. The molecule has 0 spiro atoms. The van der Waals surface area contributed by atoms with Gasteiger partial charge in [-0.05, 0) is 45.4 Å². The Bertz CT molecular complexity index is 1320. The normalized spacial score (nSPS) is 22.7. The Balaban J connectivity index is 1.66. The summed E-state index contributed by atoms with van der Waals surface area (Å²) in [6, 6.07) is 1.12. The van der Waals surface area contributed by atoms with Gasteiger partial charge < -0.3 is 15.8 Å². The van der Waals surface area contributed by atoms with Crippen molar-refractivity contribution in [3.05, 3.63) is 52.9 Å². The molecule has 3 atom stereocenters. The minimum Gasteiger partial charge on any atom is -0.444 e. The van der Waals surface area contributed by atoms with Crippen LogP contribution in [-0.2, 0) is 32.6 Å². The van der Waals surface area contributed by atoms with E-state index < -0.39 is 51.3 Å². The summed E-state index contributed by atoms with van der Waals surface area (Å²) >= 11 is 0. The minimum atomic E-state index is -3.53. The number of fused-ring (bicyclic) bond motifs is 1. The van der Waals surface area contributed by atoms with Crippen LogP contribution in [0.3, 0.4) is 0 Å². The first-order chi connectivity index (χ1) is 17.6. The second-order valence-corrected chi connectivity index (χ2v) is 12.6. The lowest BCUT2D eigenvalue weighted by molar-refractivity contribution is -0.120. The average Bonchev–Trinajstić information content (AvgIpc) is 3.33. The summed E-state index contributed by atoms with van der Waals surface area (Å²) in [5, 5.41) is 6.99. The number of nitrogens with one attached hydrogen (secondary N) is 1. The largest absolute Gasteiger partial charge is 0.444 e. The second-order valence-electron chi connectivity index (χ2n) is 10.8. The number of nitrogens with zero attached hydrogens (tertiary/aromatic N) is 4. The molecule has 2 aromatic rings. The monoisotopic (exact) mass is 554 g/mol. The number of amides is 2. The van der Waals surface area contributed by atoms with Crippen molar-refractivity contribution in [3.63, 3.8) is 0 Å². The van der Waals surface area contributed by atoms with Crippen molar-refractivity contribution >= 4 is 22.0 Å². The number of primary amides is 1. The topological polar surface area (TPSA) is 140 Å². The molecular formula is C24H32F2N6O5S. The summed E-state index contributed by atoms with van der Waals surface area (Å²) in [4.78, 5) is 28.5. The molecule has 0 bridgehead atoms. The molecule has 2 amide bonds. The van der Waals surface area contributed by atoms with Crippen LogP contribution >= 0.6 is 0 Å². The maximum absolute atomic E-state index is 15.0. The third kappa shape index (κ3) is 6.30. The lowest BCUT2D eigenvalue weighted by Crippen LogP contribution is -2.59. The van der Waals surface area contributed by atoms with E-state index in [0.717, 1.165) is 34.1 Å². The van der Waals surface area contributed by atoms with Crippen LogP contribution in [0.25, 0.3) is 0 Å². The zero-order valence-corrected chi connectivity index (χ0v) is 22.5. The van der Waals surface area contributed by atoms with Gasteiger partial charge in [0.1, 0.15) is 17.2 Å². The van der Waals surface area contributed by atoms with E-state index in [1.165, 1.54) is 6.20 Å². The summed E-state index contributed by atoms with van der Waals surface area (Å²) in [7, 11) is -3.53. The van der Waals surface area contributed by atoms with Crippen LogP contribution < -0.4 is 11.1 Å². The fourth-order valence-electron chi connectivity index (χ4n) is 5.09. The van der Waals surface area contributed by atoms with Crippen molar-refractivity contribution in [1.82, 2.24) is 24.3 Å². The quantitative estimate of drug-likeness (QED) is 0.547. The SMILES string of the molecule is CC(C)(C)OC(=O)N[C@H]1C[C@@H](N2Cc3cn(S(C)(=O)=O)nc3C2)CN(CC(N)=O)[C@@H]1c1cc(F)ccc1F. The van der Waals surface area contributed by atoms with Crippen molar-refractivity contribution in [2.75, 3.05) is 19.3 Å². The highest BCUT2D eigenvalue weighted by molar-refractivity contribution is 7.89. The molecule has 0 radical (unpaired) electrons. The third-order valence-corrected chi connectivity index (χ3v) is 7.39. The molecule has 0 unspecified atom stereocenters. The van der Waals surface area contributed by atoms with Gasteiger partial charge in [-0.3, -0.25) is 14.6 Å². The zero-order chi connectivity index (χ0) is 28.0. The van der Waals surface area contributed by atoms with Gasteiger partial charge in [0.2, 0.25) is 5.91 Å². The van der Waals surface area contributed by atoms with E-state index in [0.29, 0.717) is 25.2 Å². The molecule has 2 aliphatic heterocycles. The van der Waals surface area contributed by atoms with Crippen LogP contribution in [0, 0.1) is 11.6 Å². The molecule has 208 valence electrons. The van der Waals surface area contributed by atoms with Crippen LogP contribution in [-0.4, -0.2) is 76.4 Å². The standard InChI is InChI=1S/C24H32F2N6O5S/c1-24(2,3)37-23(34)28-19-8-16(30-9-14-10-32(38(4,35)36)29-20(14)12-30)11-31(13-21(27)33)22(19)17-7-15(25)5-6-18(17)26/h5-7,10,16,19,22H,8-9,11-13H2,1-4H3,(H2,27,33)(H,28,34)/t16-,19+,22-/m1/s1. The van der Waals surface area contributed by atoms with Gasteiger partial charge in [0.05, 0.1) is 30.6 Å². The van der Waals surface area contributed by atoms with Crippen molar-refractivity contribution in [3.8, 4) is 0 Å². The van der Waals surface area contributed by atoms with E-state index in [2.05, 4.69) is 10.4 Å². The first-order valence-electron chi connectivity index (χ1n) is 12.1. The van der Waals surface area contributed by atoms with E-state index >= 15 is 0 Å². The molecule has 0 saturated carbocycles. The van der Waals surface area contributed by atoms with Crippen molar-refractivity contribution in [1.29, 1.82) is 0 Å². The lowest BCUT2D eigenvalue weighted by Gasteiger charge is -2.47. The average molecular weight is 555 g/mol. The number of benzene rings is 1. The van der Waals surface area contributed by atoms with Gasteiger partial charge in [-0.1, -0.05) is 0 Å². The smallest absolute Gasteiger partial charge is 0.407 e. The predicted octanol–water partition coefficient (Wildman–Crippen LogP) is 1.48. The number of piperidine rings is 1. The Morgan fingerprint density at radius 2 is 1.95 bits per heavy atom. The Morgan fingerprint density at radius 3 is 2.55 bits per heavy atom. The highest BCUT2D eigenvalue weighted by Crippen LogP contribution is 2.37. The fourth-order valence-corrected chi connectivity index (χ4v) is 5.66. The van der Waals surface area contributed by atoms with Gasteiger partial charge in [0, 0.05) is 43.0 Å². The van der Waals surface area contributed by atoms with Gasteiger partial charge in [-0.15, -0.1) is 0 Å². The van der Waals surface area contributed by atoms with Crippen molar-refractivity contribution in [2.45, 2.75) is 64.0 Å². The number of aromatic nitrogens is 2. The highest BCUT2D eigenvalue weighted by atomic mass is 32.2. The lowest BCUT2D eigenvalue weighted by atomic mass is 9.87. The number of alkyl carbamates (subject to hydrolysis) is 1. The van der Waals surface area contributed by atoms with Crippen LogP contribution in [0.5, 0.6) is 0 Å². The Morgan fingerprint density at radius 1 is 1.24 bits per heavy atom. The summed E-state index contributed by atoms with van der Waals surface area (Å²) in [5.74, 6) is -2.01. The Labute approximate surface area is 219 Å². The number of hydrogen-bond acceptors (Lipinski definition) is 8. The molecule has 2 aliphatic rings. The minimum absolute atomic E-state index is 0.0140. The number of ether oxygens (including phenoxy) is 1. The summed E-state index contributed by atoms with van der Waals surface area (Å²) in [5.41, 5.74) is 6.06. The second kappa shape index (κ2) is 10.2. The van der Waals surface area contributed by atoms with E-state index in [4.69, 9.17) is 10.5 Å². The fraction of sp³-hybridized carbons (Fsp3) is 0.542. The maximum Gasteiger partial charge on any atom is 0.407 e. The molecule has 11 nitrogen and oxygen atoms in total. The summed E-state index contributed by atoms with van der Waals surface area (Å²) in [6.07, 6.45) is 2.11. The molecule has 1 aromatic carbocycles. The molecular weight excluding hydrogens is 522 g/mol. The molecule has 1 saturated heterocycles. The van der Waals surface area contributed by atoms with Crippen molar-refractivity contribution < 1.29 is 31.5 Å². The number of carbonyl (C=O) groups excluding carboxylic acids is 2. The van der Waals surface area contributed by atoms with E-state index in [1.807, 2.05) is 4.90 Å². The summed E-state index contributed by atoms with van der Waals surface area (Å²) < 4.78 is 59.3. The van der Waals surface area contributed by atoms with E-state index in [1.54, 1.807) is 25.7 Å². The van der Waals surface area contributed by atoms with Crippen LogP contribution in [0.1, 0.15) is 50.1 Å². The van der Waals surface area contributed by atoms with Crippen LogP contribution in [0.4, 0.5) is 13.6 Å². The molecule has 4 rings (SSSR count). The molecule has 14 heteroatoms. The first kappa shape index (κ1) is 27.9.